The molecular formula is C16H12FNO2. The van der Waals surface area contributed by atoms with E-state index in [0.717, 1.165) is 18.4 Å². The first-order valence-electron chi connectivity index (χ1n) is 6.63. The molecule has 0 aliphatic heterocycles. The number of furan rings is 1. The Bertz CT molecular complexity index is 797. The second-order valence-corrected chi connectivity index (χ2v) is 5.18. The van der Waals surface area contributed by atoms with E-state index in [9.17, 15) is 9.18 Å². The summed E-state index contributed by atoms with van der Waals surface area (Å²) in [5.41, 5.74) is 1.95. The number of hydrogen-bond acceptors (Lipinski definition) is 2. The van der Waals surface area contributed by atoms with Crippen LogP contribution in [0.15, 0.2) is 41.0 Å². The van der Waals surface area contributed by atoms with E-state index in [4.69, 9.17) is 4.42 Å². The third kappa shape index (κ3) is 1.68. The molecule has 0 bridgehead atoms. The smallest absolute Gasteiger partial charge is 0.168 e. The van der Waals surface area contributed by atoms with Gasteiger partial charge in [0.2, 0.25) is 0 Å². The lowest BCUT2D eigenvalue weighted by Crippen LogP contribution is -2.02. The first-order chi connectivity index (χ1) is 9.74. The van der Waals surface area contributed by atoms with Crippen LogP contribution in [0.25, 0.3) is 22.4 Å². The Morgan fingerprint density at radius 1 is 1.30 bits per heavy atom. The van der Waals surface area contributed by atoms with Crippen molar-refractivity contribution in [3.8, 4) is 11.5 Å². The number of fused-ring (bicyclic) bond motifs is 1. The van der Waals surface area contributed by atoms with Gasteiger partial charge in [0.05, 0.1) is 17.5 Å². The van der Waals surface area contributed by atoms with Crippen molar-refractivity contribution in [3.63, 3.8) is 0 Å². The quantitative estimate of drug-likeness (QED) is 0.726. The van der Waals surface area contributed by atoms with Gasteiger partial charge in [-0.3, -0.25) is 4.79 Å². The number of aromatic nitrogens is 1. The summed E-state index contributed by atoms with van der Waals surface area (Å²) in [4.78, 5) is 15.7. The van der Waals surface area contributed by atoms with Gasteiger partial charge in [-0.15, -0.1) is 0 Å². The van der Waals surface area contributed by atoms with Crippen LogP contribution in [0.2, 0.25) is 0 Å². The molecule has 3 aromatic rings. The van der Waals surface area contributed by atoms with Gasteiger partial charge in [-0.25, -0.2) is 4.39 Å². The number of nitrogens with one attached hydrogen (secondary N) is 1. The number of hydrogen-bond donors (Lipinski definition) is 1. The van der Waals surface area contributed by atoms with Gasteiger partial charge in [0.25, 0.3) is 0 Å². The molecule has 0 amide bonds. The Hall–Kier alpha value is -2.36. The van der Waals surface area contributed by atoms with Crippen LogP contribution in [-0.2, 0) is 0 Å². The zero-order chi connectivity index (χ0) is 13.7. The van der Waals surface area contributed by atoms with Crippen molar-refractivity contribution in [1.82, 2.24) is 4.98 Å². The maximum Gasteiger partial charge on any atom is 0.168 e. The highest BCUT2D eigenvalue weighted by Gasteiger charge is 2.34. The van der Waals surface area contributed by atoms with Crippen molar-refractivity contribution >= 4 is 16.7 Å². The second kappa shape index (κ2) is 4.07. The van der Waals surface area contributed by atoms with E-state index in [1.165, 1.54) is 12.1 Å². The number of H-pyrrole nitrogens is 1. The number of ketones is 1. The van der Waals surface area contributed by atoms with Crippen molar-refractivity contribution in [2.45, 2.75) is 12.8 Å². The second-order valence-electron chi connectivity index (χ2n) is 5.18. The molecule has 0 spiro atoms. The molecule has 1 N–H and O–H groups in total. The fourth-order valence-electron chi connectivity index (χ4n) is 2.58. The topological polar surface area (TPSA) is 46.0 Å². The summed E-state index contributed by atoms with van der Waals surface area (Å²) in [7, 11) is 0. The average molecular weight is 269 g/mol. The molecule has 0 radical (unpaired) electrons. The van der Waals surface area contributed by atoms with Crippen molar-refractivity contribution < 1.29 is 13.6 Å². The number of benzene rings is 1. The highest BCUT2D eigenvalue weighted by molar-refractivity contribution is 6.14. The minimum absolute atomic E-state index is 0.0750. The lowest BCUT2D eigenvalue weighted by molar-refractivity contribution is 0.0970. The number of carbonyl (C=O) groups excluding carboxylic acids is 1. The first kappa shape index (κ1) is 11.5. The van der Waals surface area contributed by atoms with E-state index >= 15 is 0 Å². The van der Waals surface area contributed by atoms with Crippen molar-refractivity contribution in [2.75, 3.05) is 0 Å². The molecule has 1 fully saturated rings. The van der Waals surface area contributed by atoms with Gasteiger partial charge in [-0.2, -0.15) is 0 Å². The van der Waals surface area contributed by atoms with Crippen molar-refractivity contribution in [1.29, 1.82) is 0 Å². The number of rotatable bonds is 3. The van der Waals surface area contributed by atoms with Gasteiger partial charge >= 0.3 is 0 Å². The SMILES string of the molecule is O=C(c1c(-c2ccco2)[nH]c2ccc(F)cc12)C1CC1. The van der Waals surface area contributed by atoms with Crippen LogP contribution >= 0.6 is 0 Å². The summed E-state index contributed by atoms with van der Waals surface area (Å²) in [5, 5.41) is 0.633. The molecule has 0 unspecified atom stereocenters. The highest BCUT2D eigenvalue weighted by Crippen LogP contribution is 2.39. The van der Waals surface area contributed by atoms with Crippen LogP contribution in [0.5, 0.6) is 0 Å². The van der Waals surface area contributed by atoms with Gasteiger partial charge in [-0.05, 0) is 43.2 Å². The van der Waals surface area contributed by atoms with Crippen LogP contribution < -0.4 is 0 Å². The summed E-state index contributed by atoms with van der Waals surface area (Å²) in [5.74, 6) is 0.414. The molecule has 0 saturated heterocycles. The van der Waals surface area contributed by atoms with E-state index in [-0.39, 0.29) is 17.5 Å². The Kier molecular flexibility index (Phi) is 2.33. The molecule has 4 rings (SSSR count). The molecule has 1 aromatic carbocycles. The third-order valence-corrected chi connectivity index (χ3v) is 3.72. The summed E-state index contributed by atoms with van der Waals surface area (Å²) in [6, 6.07) is 8.02. The Morgan fingerprint density at radius 3 is 2.85 bits per heavy atom. The largest absolute Gasteiger partial charge is 0.463 e. The van der Waals surface area contributed by atoms with Crippen molar-refractivity contribution in [3.05, 3.63) is 48.0 Å². The molecule has 100 valence electrons. The van der Waals surface area contributed by atoms with Gasteiger partial charge in [0.15, 0.2) is 11.5 Å². The third-order valence-electron chi connectivity index (χ3n) is 3.72. The van der Waals surface area contributed by atoms with E-state index in [1.807, 2.05) is 0 Å². The number of aromatic amines is 1. The van der Waals surface area contributed by atoms with E-state index < -0.39 is 0 Å². The van der Waals surface area contributed by atoms with Crippen LogP contribution in [0.1, 0.15) is 23.2 Å². The average Bonchev–Trinajstić information content (AvgIpc) is 3.01. The summed E-state index contributed by atoms with van der Waals surface area (Å²) >= 11 is 0. The van der Waals surface area contributed by atoms with Crippen LogP contribution in [0.3, 0.4) is 0 Å². The molecule has 4 heteroatoms. The van der Waals surface area contributed by atoms with Crippen LogP contribution in [0.4, 0.5) is 4.39 Å². The van der Waals surface area contributed by atoms with E-state index in [2.05, 4.69) is 4.98 Å². The maximum absolute atomic E-state index is 13.5. The molecule has 1 aliphatic rings. The maximum atomic E-state index is 13.5. The fourth-order valence-corrected chi connectivity index (χ4v) is 2.58. The number of halogens is 1. The molecule has 2 aromatic heterocycles. The fraction of sp³-hybridized carbons (Fsp3) is 0.188. The first-order valence-corrected chi connectivity index (χ1v) is 6.63. The van der Waals surface area contributed by atoms with Crippen LogP contribution in [-0.4, -0.2) is 10.8 Å². The lowest BCUT2D eigenvalue weighted by Gasteiger charge is -2.00. The standard InChI is InChI=1S/C16H12FNO2/c17-10-5-6-12-11(8-10)14(16(19)9-3-4-9)15(18-12)13-2-1-7-20-13/h1-2,5-9,18H,3-4H2. The van der Waals surface area contributed by atoms with E-state index in [0.29, 0.717) is 22.4 Å². The van der Waals surface area contributed by atoms with Gasteiger partial charge in [0, 0.05) is 16.8 Å². The highest BCUT2D eigenvalue weighted by atomic mass is 19.1. The molecule has 20 heavy (non-hydrogen) atoms. The zero-order valence-corrected chi connectivity index (χ0v) is 10.7. The molecule has 0 atom stereocenters. The molecule has 1 aliphatic carbocycles. The van der Waals surface area contributed by atoms with Gasteiger partial charge < -0.3 is 9.40 Å². The Labute approximate surface area is 114 Å². The Balaban J connectivity index is 2.01. The normalized spacial score (nSPS) is 14.8. The molecule has 3 nitrogen and oxygen atoms in total. The summed E-state index contributed by atoms with van der Waals surface area (Å²) in [6.07, 6.45) is 3.39. The van der Waals surface area contributed by atoms with Crippen LogP contribution in [0, 0.1) is 11.7 Å². The molecule has 1 saturated carbocycles. The predicted molar refractivity (Wildman–Crippen MR) is 73.0 cm³/mol. The lowest BCUT2D eigenvalue weighted by atomic mass is 10.0. The molecular weight excluding hydrogens is 257 g/mol. The summed E-state index contributed by atoms with van der Waals surface area (Å²) < 4.78 is 18.9. The number of Topliss-reactive ketones (excluding diaryl/α,β-unsaturated/α-hetero) is 1. The van der Waals surface area contributed by atoms with Gasteiger partial charge in [0.1, 0.15) is 5.82 Å². The number of carbonyl (C=O) groups is 1. The van der Waals surface area contributed by atoms with Crippen molar-refractivity contribution in [2.24, 2.45) is 5.92 Å². The van der Waals surface area contributed by atoms with Gasteiger partial charge in [-0.1, -0.05) is 0 Å². The zero-order valence-electron chi connectivity index (χ0n) is 10.7. The monoisotopic (exact) mass is 269 g/mol. The Morgan fingerprint density at radius 2 is 2.15 bits per heavy atom. The minimum Gasteiger partial charge on any atom is -0.463 e. The summed E-state index contributed by atoms with van der Waals surface area (Å²) in [6.45, 7) is 0. The minimum atomic E-state index is -0.340. The predicted octanol–water partition coefficient (Wildman–Crippen LogP) is 4.16. The molecule has 2 heterocycles. The van der Waals surface area contributed by atoms with E-state index in [1.54, 1.807) is 24.5 Å².